The van der Waals surface area contributed by atoms with Crippen molar-refractivity contribution in [3.05, 3.63) is 5.82 Å². The third-order valence-electron chi connectivity index (χ3n) is 2.16. The molecule has 1 N–H and O–H groups in total. The van der Waals surface area contributed by atoms with Crippen LogP contribution in [0.5, 0.6) is 0 Å². The molecular weight excluding hydrogens is 196 g/mol. The van der Waals surface area contributed by atoms with Gasteiger partial charge in [-0.3, -0.25) is 0 Å². The van der Waals surface area contributed by atoms with E-state index in [0.29, 0.717) is 6.04 Å². The molecule has 1 heterocycles. The maximum absolute atomic E-state index is 4.43. The van der Waals surface area contributed by atoms with Gasteiger partial charge in [0.2, 0.25) is 5.13 Å². The number of likely N-dealkylation sites (N-methyl/N-ethyl adjacent to an activating group) is 1. The van der Waals surface area contributed by atoms with Crippen molar-refractivity contribution in [1.82, 2.24) is 14.3 Å². The second kappa shape index (κ2) is 4.23. The van der Waals surface area contributed by atoms with Gasteiger partial charge in [0, 0.05) is 30.5 Å². The number of hydrogen-bond acceptors (Lipinski definition) is 5. The molecule has 0 spiro atoms. The Labute approximate surface area is 88.5 Å². The van der Waals surface area contributed by atoms with Gasteiger partial charge in [-0.1, -0.05) is 0 Å². The number of hydrogen-bond donors (Lipinski definition) is 1. The lowest BCUT2D eigenvalue weighted by atomic mass is 10.4. The summed E-state index contributed by atoms with van der Waals surface area (Å²) in [6, 6.07) is 0.671. The van der Waals surface area contributed by atoms with E-state index in [4.69, 9.17) is 0 Å². The Morgan fingerprint density at radius 3 is 2.93 bits per heavy atom. The number of anilines is 1. The molecule has 1 aromatic rings. The molecule has 0 aromatic carbocycles. The molecule has 0 radical (unpaired) electrons. The Bertz CT molecular complexity index is 293. The summed E-state index contributed by atoms with van der Waals surface area (Å²) in [6.07, 6.45) is 3.51. The fraction of sp³-hybridized carbons (Fsp3) is 0.778. The zero-order valence-corrected chi connectivity index (χ0v) is 9.47. The molecule has 4 nitrogen and oxygen atoms in total. The van der Waals surface area contributed by atoms with Crippen LogP contribution in [0.25, 0.3) is 0 Å². The van der Waals surface area contributed by atoms with Gasteiger partial charge in [0.15, 0.2) is 0 Å². The van der Waals surface area contributed by atoms with Crippen molar-refractivity contribution >= 4 is 16.7 Å². The molecule has 0 atom stereocenters. The highest BCUT2D eigenvalue weighted by Crippen LogP contribution is 2.25. The lowest BCUT2D eigenvalue weighted by Crippen LogP contribution is -2.15. The second-order valence-corrected chi connectivity index (χ2v) is 4.74. The van der Waals surface area contributed by atoms with E-state index in [1.54, 1.807) is 0 Å². The maximum atomic E-state index is 4.43. The molecule has 2 rings (SSSR count). The molecule has 78 valence electrons. The van der Waals surface area contributed by atoms with E-state index in [-0.39, 0.29) is 0 Å². The summed E-state index contributed by atoms with van der Waals surface area (Å²) < 4.78 is 4.31. The van der Waals surface area contributed by atoms with Crippen LogP contribution in [-0.4, -0.2) is 40.9 Å². The average Bonchev–Trinajstić information content (AvgIpc) is 2.81. The molecule has 1 aliphatic carbocycles. The number of rotatable bonds is 5. The molecule has 5 heteroatoms. The van der Waals surface area contributed by atoms with Crippen LogP contribution in [0.4, 0.5) is 5.13 Å². The predicted molar refractivity (Wildman–Crippen MR) is 58.8 cm³/mol. The summed E-state index contributed by atoms with van der Waals surface area (Å²) in [5.41, 5.74) is 0. The van der Waals surface area contributed by atoms with Gasteiger partial charge in [0.25, 0.3) is 0 Å². The van der Waals surface area contributed by atoms with Crippen LogP contribution in [0.3, 0.4) is 0 Å². The number of nitrogens with zero attached hydrogens (tertiary/aromatic N) is 3. The Hall–Kier alpha value is -0.680. The first-order valence-electron chi connectivity index (χ1n) is 4.98. The molecule has 0 amide bonds. The SMILES string of the molecule is CN(C)CCc1nsc(NC2CC2)n1. The van der Waals surface area contributed by atoms with E-state index in [1.165, 1.54) is 24.4 Å². The monoisotopic (exact) mass is 212 g/mol. The highest BCUT2D eigenvalue weighted by atomic mass is 32.1. The molecule has 1 aliphatic rings. The summed E-state index contributed by atoms with van der Waals surface area (Å²) in [6.45, 7) is 1.01. The topological polar surface area (TPSA) is 41.1 Å². The third-order valence-corrected chi connectivity index (χ3v) is 2.84. The highest BCUT2D eigenvalue weighted by Gasteiger charge is 2.22. The molecule has 14 heavy (non-hydrogen) atoms. The van der Waals surface area contributed by atoms with Crippen molar-refractivity contribution in [3.63, 3.8) is 0 Å². The molecule has 0 aliphatic heterocycles. The minimum absolute atomic E-state index is 0.671. The largest absolute Gasteiger partial charge is 0.358 e. The fourth-order valence-electron chi connectivity index (χ4n) is 1.14. The lowest BCUT2D eigenvalue weighted by Gasteiger charge is -2.05. The van der Waals surface area contributed by atoms with Gasteiger partial charge >= 0.3 is 0 Å². The van der Waals surface area contributed by atoms with E-state index >= 15 is 0 Å². The van der Waals surface area contributed by atoms with E-state index in [0.717, 1.165) is 23.9 Å². The third kappa shape index (κ3) is 2.92. The van der Waals surface area contributed by atoms with Gasteiger partial charge in [-0.2, -0.15) is 4.37 Å². The van der Waals surface area contributed by atoms with Crippen LogP contribution in [0.1, 0.15) is 18.7 Å². The molecule has 1 fully saturated rings. The normalized spacial score (nSPS) is 16.2. The molecular formula is C9H16N4S. The Morgan fingerprint density at radius 2 is 2.29 bits per heavy atom. The van der Waals surface area contributed by atoms with Gasteiger partial charge in [0.1, 0.15) is 5.82 Å². The quantitative estimate of drug-likeness (QED) is 0.796. The fourth-order valence-corrected chi connectivity index (χ4v) is 1.83. The van der Waals surface area contributed by atoms with Gasteiger partial charge in [-0.25, -0.2) is 4.98 Å². The van der Waals surface area contributed by atoms with Gasteiger partial charge < -0.3 is 10.2 Å². The Balaban J connectivity index is 1.82. The predicted octanol–water partition coefficient (Wildman–Crippen LogP) is 1.22. The minimum Gasteiger partial charge on any atom is -0.358 e. The van der Waals surface area contributed by atoms with E-state index < -0.39 is 0 Å². The van der Waals surface area contributed by atoms with Gasteiger partial charge in [-0.05, 0) is 26.9 Å². The Morgan fingerprint density at radius 1 is 1.50 bits per heavy atom. The van der Waals surface area contributed by atoms with Gasteiger partial charge in [-0.15, -0.1) is 0 Å². The van der Waals surface area contributed by atoms with E-state index in [9.17, 15) is 0 Å². The van der Waals surface area contributed by atoms with Crippen molar-refractivity contribution in [2.24, 2.45) is 0 Å². The summed E-state index contributed by atoms with van der Waals surface area (Å²) in [4.78, 5) is 6.58. The van der Waals surface area contributed by atoms with Crippen molar-refractivity contribution < 1.29 is 0 Å². The first-order valence-corrected chi connectivity index (χ1v) is 5.75. The van der Waals surface area contributed by atoms with Crippen molar-refractivity contribution in [2.45, 2.75) is 25.3 Å². The van der Waals surface area contributed by atoms with Crippen LogP contribution in [0.2, 0.25) is 0 Å². The maximum Gasteiger partial charge on any atom is 0.202 e. The van der Waals surface area contributed by atoms with E-state index in [2.05, 4.69) is 33.7 Å². The van der Waals surface area contributed by atoms with Crippen LogP contribution >= 0.6 is 11.5 Å². The molecule has 1 saturated carbocycles. The van der Waals surface area contributed by atoms with Crippen LogP contribution in [0.15, 0.2) is 0 Å². The first-order chi connectivity index (χ1) is 6.74. The van der Waals surface area contributed by atoms with Crippen molar-refractivity contribution in [3.8, 4) is 0 Å². The Kier molecular flexibility index (Phi) is 2.98. The zero-order chi connectivity index (χ0) is 9.97. The van der Waals surface area contributed by atoms with Crippen LogP contribution in [-0.2, 0) is 6.42 Å². The average molecular weight is 212 g/mol. The minimum atomic E-state index is 0.671. The molecule has 1 aromatic heterocycles. The molecule has 0 saturated heterocycles. The summed E-state index contributed by atoms with van der Waals surface area (Å²) in [5.74, 6) is 0.965. The first kappa shape index (κ1) is 9.86. The molecule has 0 bridgehead atoms. The number of aromatic nitrogens is 2. The van der Waals surface area contributed by atoms with Crippen molar-refractivity contribution in [2.75, 3.05) is 26.0 Å². The van der Waals surface area contributed by atoms with Crippen LogP contribution in [0, 0.1) is 0 Å². The zero-order valence-electron chi connectivity index (χ0n) is 8.66. The standard InChI is InChI=1S/C9H16N4S/c1-13(2)6-5-8-11-9(14-12-8)10-7-3-4-7/h7H,3-6H2,1-2H3,(H,10,11,12). The summed E-state index contributed by atoms with van der Waals surface area (Å²) in [5, 5.41) is 4.34. The second-order valence-electron chi connectivity index (χ2n) is 3.99. The summed E-state index contributed by atoms with van der Waals surface area (Å²) >= 11 is 1.48. The van der Waals surface area contributed by atoms with Crippen molar-refractivity contribution in [1.29, 1.82) is 0 Å². The highest BCUT2D eigenvalue weighted by molar-refractivity contribution is 7.09. The van der Waals surface area contributed by atoms with Crippen LogP contribution < -0.4 is 5.32 Å². The number of nitrogens with one attached hydrogen (secondary N) is 1. The molecule has 0 unspecified atom stereocenters. The summed E-state index contributed by atoms with van der Waals surface area (Å²) in [7, 11) is 4.13. The smallest absolute Gasteiger partial charge is 0.202 e. The van der Waals surface area contributed by atoms with Gasteiger partial charge in [0.05, 0.1) is 0 Å². The van der Waals surface area contributed by atoms with E-state index in [1.807, 2.05) is 0 Å². The lowest BCUT2D eigenvalue weighted by molar-refractivity contribution is 0.410.